The van der Waals surface area contributed by atoms with Gasteiger partial charge in [0.15, 0.2) is 0 Å². The van der Waals surface area contributed by atoms with Crippen LogP contribution in [0.5, 0.6) is 0 Å². The lowest BCUT2D eigenvalue weighted by Crippen LogP contribution is -2.19. The van der Waals surface area contributed by atoms with Crippen molar-refractivity contribution in [2.75, 3.05) is 5.01 Å². The standard InChI is InChI=1S/C20H20ClN3/c1-20(2,3)19-12-18(15-6-4-14(13-22)5-7-15)24(23-19)17-10-8-16(21)9-11-17/h4-11,18H,12H2,1-3H3. The lowest BCUT2D eigenvalue weighted by atomic mass is 9.85. The molecule has 3 rings (SSSR count). The molecule has 1 atom stereocenters. The van der Waals surface area contributed by atoms with E-state index in [2.05, 4.69) is 31.8 Å². The summed E-state index contributed by atoms with van der Waals surface area (Å²) in [6.45, 7) is 6.56. The predicted octanol–water partition coefficient (Wildman–Crippen LogP) is 5.57. The van der Waals surface area contributed by atoms with Crippen LogP contribution in [0, 0.1) is 16.7 Å². The maximum Gasteiger partial charge on any atom is 0.0991 e. The fourth-order valence-electron chi connectivity index (χ4n) is 2.84. The third-order valence-corrected chi connectivity index (χ3v) is 4.54. The summed E-state index contributed by atoms with van der Waals surface area (Å²) in [5.41, 5.74) is 4.05. The molecule has 1 unspecified atom stereocenters. The van der Waals surface area contributed by atoms with Crippen LogP contribution in [-0.4, -0.2) is 5.71 Å². The molecule has 1 aliphatic heterocycles. The van der Waals surface area contributed by atoms with Crippen LogP contribution >= 0.6 is 11.6 Å². The summed E-state index contributed by atoms with van der Waals surface area (Å²) in [5, 5.41) is 16.7. The average Bonchev–Trinajstić information content (AvgIpc) is 3.01. The van der Waals surface area contributed by atoms with E-state index in [0.29, 0.717) is 10.6 Å². The van der Waals surface area contributed by atoms with Crippen LogP contribution < -0.4 is 5.01 Å². The predicted molar refractivity (Wildman–Crippen MR) is 99.3 cm³/mol. The topological polar surface area (TPSA) is 39.4 Å². The van der Waals surface area contributed by atoms with Gasteiger partial charge >= 0.3 is 0 Å². The third kappa shape index (κ3) is 3.29. The molecular weight excluding hydrogens is 318 g/mol. The zero-order valence-corrected chi connectivity index (χ0v) is 14.9. The molecule has 0 aliphatic carbocycles. The number of halogens is 1. The number of hydrogen-bond acceptors (Lipinski definition) is 3. The highest BCUT2D eigenvalue weighted by Gasteiger charge is 2.34. The first-order chi connectivity index (χ1) is 11.4. The number of nitrogens with zero attached hydrogens (tertiary/aromatic N) is 3. The maximum absolute atomic E-state index is 9.00. The Bertz CT molecular complexity index is 793. The number of rotatable bonds is 2. The minimum atomic E-state index is 0.0199. The van der Waals surface area contributed by atoms with Crippen molar-refractivity contribution in [2.45, 2.75) is 33.2 Å². The first-order valence-corrected chi connectivity index (χ1v) is 8.39. The SMILES string of the molecule is CC(C)(C)C1=NN(c2ccc(Cl)cc2)C(c2ccc(C#N)cc2)C1. The van der Waals surface area contributed by atoms with E-state index in [4.69, 9.17) is 22.0 Å². The molecule has 0 bridgehead atoms. The summed E-state index contributed by atoms with van der Waals surface area (Å²) < 4.78 is 0. The van der Waals surface area contributed by atoms with E-state index >= 15 is 0 Å². The Morgan fingerprint density at radius 3 is 2.25 bits per heavy atom. The second kappa shape index (κ2) is 6.30. The molecule has 0 amide bonds. The summed E-state index contributed by atoms with van der Waals surface area (Å²) in [4.78, 5) is 0. The molecule has 0 fully saturated rings. The van der Waals surface area contributed by atoms with Gasteiger partial charge in [-0.1, -0.05) is 44.5 Å². The fourth-order valence-corrected chi connectivity index (χ4v) is 2.96. The molecule has 0 N–H and O–H groups in total. The van der Waals surface area contributed by atoms with E-state index in [-0.39, 0.29) is 11.5 Å². The van der Waals surface area contributed by atoms with Gasteiger partial charge in [0, 0.05) is 22.6 Å². The first-order valence-electron chi connectivity index (χ1n) is 8.01. The zero-order chi connectivity index (χ0) is 17.3. The van der Waals surface area contributed by atoms with Crippen LogP contribution in [0.1, 0.15) is 44.4 Å². The Balaban J connectivity index is 2.00. The van der Waals surface area contributed by atoms with Crippen LogP contribution in [0.4, 0.5) is 5.69 Å². The van der Waals surface area contributed by atoms with Gasteiger partial charge in [0.2, 0.25) is 0 Å². The lowest BCUT2D eigenvalue weighted by molar-refractivity contribution is 0.579. The summed E-state index contributed by atoms with van der Waals surface area (Å²) >= 11 is 6.02. The summed E-state index contributed by atoms with van der Waals surface area (Å²) in [6, 6.07) is 17.8. The summed E-state index contributed by atoms with van der Waals surface area (Å²) in [5.74, 6) is 0. The molecule has 4 heteroatoms. The van der Waals surface area contributed by atoms with Crippen LogP contribution in [0.2, 0.25) is 5.02 Å². The molecule has 0 saturated carbocycles. The molecular formula is C20H20ClN3. The smallest absolute Gasteiger partial charge is 0.0991 e. The molecule has 0 spiro atoms. The molecule has 0 radical (unpaired) electrons. The number of nitriles is 1. The Hall–Kier alpha value is -2.31. The Morgan fingerprint density at radius 2 is 1.71 bits per heavy atom. The molecule has 0 aromatic heterocycles. The van der Waals surface area contributed by atoms with Crippen LogP contribution in [-0.2, 0) is 0 Å². The highest BCUT2D eigenvalue weighted by atomic mass is 35.5. The molecule has 122 valence electrons. The molecule has 0 saturated heterocycles. The second-order valence-electron chi connectivity index (χ2n) is 7.07. The Kier molecular flexibility index (Phi) is 4.34. The van der Waals surface area contributed by atoms with E-state index in [9.17, 15) is 0 Å². The quantitative estimate of drug-likeness (QED) is 0.719. The minimum absolute atomic E-state index is 0.0199. The van der Waals surface area contributed by atoms with Crippen molar-refractivity contribution in [1.82, 2.24) is 0 Å². The van der Waals surface area contributed by atoms with Crippen molar-refractivity contribution in [3.8, 4) is 6.07 Å². The molecule has 24 heavy (non-hydrogen) atoms. The molecule has 3 nitrogen and oxygen atoms in total. The van der Waals surface area contributed by atoms with E-state index in [1.807, 2.05) is 48.5 Å². The van der Waals surface area contributed by atoms with Gasteiger partial charge in [-0.25, -0.2) is 0 Å². The highest BCUT2D eigenvalue weighted by Crippen LogP contribution is 2.39. The van der Waals surface area contributed by atoms with Gasteiger partial charge in [0.25, 0.3) is 0 Å². The highest BCUT2D eigenvalue weighted by molar-refractivity contribution is 6.30. The molecule has 1 aliphatic rings. The van der Waals surface area contributed by atoms with Crippen molar-refractivity contribution in [3.63, 3.8) is 0 Å². The number of benzene rings is 2. The lowest BCUT2D eigenvalue weighted by Gasteiger charge is -2.24. The second-order valence-corrected chi connectivity index (χ2v) is 7.51. The normalized spacial score (nSPS) is 17.5. The van der Waals surface area contributed by atoms with Crippen molar-refractivity contribution in [3.05, 3.63) is 64.7 Å². The largest absolute Gasteiger partial charge is 0.258 e. The maximum atomic E-state index is 9.00. The van der Waals surface area contributed by atoms with Gasteiger partial charge in [-0.2, -0.15) is 10.4 Å². The number of hydrogen-bond donors (Lipinski definition) is 0. The van der Waals surface area contributed by atoms with Crippen molar-refractivity contribution >= 4 is 23.0 Å². The van der Waals surface area contributed by atoms with Gasteiger partial charge in [0.05, 0.1) is 23.4 Å². The Morgan fingerprint density at radius 1 is 1.08 bits per heavy atom. The molecule has 1 heterocycles. The summed E-state index contributed by atoms with van der Waals surface area (Å²) in [7, 11) is 0. The number of anilines is 1. The van der Waals surface area contributed by atoms with Crippen molar-refractivity contribution in [2.24, 2.45) is 10.5 Å². The van der Waals surface area contributed by atoms with E-state index < -0.39 is 0 Å². The van der Waals surface area contributed by atoms with Gasteiger partial charge in [-0.05, 0) is 42.0 Å². The van der Waals surface area contributed by atoms with E-state index in [1.54, 1.807) is 0 Å². The van der Waals surface area contributed by atoms with Gasteiger partial charge < -0.3 is 0 Å². The number of hydrazone groups is 1. The van der Waals surface area contributed by atoms with Crippen LogP contribution in [0.25, 0.3) is 0 Å². The van der Waals surface area contributed by atoms with Crippen molar-refractivity contribution < 1.29 is 0 Å². The van der Waals surface area contributed by atoms with Gasteiger partial charge in [-0.3, -0.25) is 5.01 Å². The Labute approximate surface area is 148 Å². The van der Waals surface area contributed by atoms with Crippen molar-refractivity contribution in [1.29, 1.82) is 5.26 Å². The minimum Gasteiger partial charge on any atom is -0.258 e. The van der Waals surface area contributed by atoms with Crippen LogP contribution in [0.15, 0.2) is 53.6 Å². The zero-order valence-electron chi connectivity index (χ0n) is 14.1. The summed E-state index contributed by atoms with van der Waals surface area (Å²) in [6.07, 6.45) is 0.873. The monoisotopic (exact) mass is 337 g/mol. The fraction of sp³-hybridized carbons (Fsp3) is 0.300. The third-order valence-electron chi connectivity index (χ3n) is 4.29. The van der Waals surface area contributed by atoms with E-state index in [0.717, 1.165) is 17.7 Å². The first kappa shape index (κ1) is 16.5. The van der Waals surface area contributed by atoms with Crippen LogP contribution in [0.3, 0.4) is 0 Å². The molecule has 2 aromatic rings. The van der Waals surface area contributed by atoms with Gasteiger partial charge in [0.1, 0.15) is 0 Å². The molecule has 2 aromatic carbocycles. The van der Waals surface area contributed by atoms with Gasteiger partial charge in [-0.15, -0.1) is 0 Å². The average molecular weight is 338 g/mol. The van der Waals surface area contributed by atoms with E-state index in [1.165, 1.54) is 5.71 Å².